The van der Waals surface area contributed by atoms with Crippen LogP contribution in [0.25, 0.3) is 11.1 Å². The van der Waals surface area contributed by atoms with Crippen molar-refractivity contribution in [3.05, 3.63) is 59.2 Å². The van der Waals surface area contributed by atoms with Crippen LogP contribution < -0.4 is 0 Å². The number of rotatable bonds is 4. The van der Waals surface area contributed by atoms with Crippen LogP contribution in [0.5, 0.6) is 0 Å². The van der Waals surface area contributed by atoms with E-state index in [0.717, 1.165) is 30.5 Å². The highest BCUT2D eigenvalue weighted by Gasteiger charge is 2.63. The van der Waals surface area contributed by atoms with Crippen molar-refractivity contribution >= 4 is 0 Å². The summed E-state index contributed by atoms with van der Waals surface area (Å²) in [7, 11) is 0. The molecular weight excluding hydrogens is 354 g/mol. The van der Waals surface area contributed by atoms with E-state index in [-0.39, 0.29) is 11.1 Å². The topological polar surface area (TPSA) is 0 Å². The molecule has 0 unspecified atom stereocenters. The normalized spacial score (nSPS) is 19.0. The average Bonchev–Trinajstić information content (AvgIpc) is 2.77. The molecule has 3 rings (SSSR count). The smallest absolute Gasteiger partial charge is 0.206 e. The van der Waals surface area contributed by atoms with Gasteiger partial charge in [0.2, 0.25) is 0 Å². The van der Waals surface area contributed by atoms with Crippen molar-refractivity contribution in [1.29, 1.82) is 0 Å². The Kier molecular flexibility index (Phi) is 4.80. The van der Waals surface area contributed by atoms with Crippen molar-refractivity contribution < 1.29 is 26.3 Å². The Morgan fingerprint density at radius 2 is 1.38 bits per heavy atom. The Balaban J connectivity index is 1.92. The molecule has 1 saturated carbocycles. The van der Waals surface area contributed by atoms with Gasteiger partial charge in [-0.15, -0.1) is 0 Å². The van der Waals surface area contributed by atoms with Crippen LogP contribution in [0.1, 0.15) is 43.2 Å². The first-order valence-corrected chi connectivity index (χ1v) is 8.48. The van der Waals surface area contributed by atoms with E-state index in [1.807, 2.05) is 6.92 Å². The van der Waals surface area contributed by atoms with Gasteiger partial charge in [-0.25, -0.2) is 8.78 Å². The second-order valence-corrected chi connectivity index (χ2v) is 6.82. The zero-order chi connectivity index (χ0) is 19.1. The second kappa shape index (κ2) is 6.63. The Labute approximate surface area is 147 Å². The maximum atomic E-state index is 14.5. The fourth-order valence-corrected chi connectivity index (χ4v) is 3.46. The van der Waals surface area contributed by atoms with Gasteiger partial charge in [-0.3, -0.25) is 0 Å². The van der Waals surface area contributed by atoms with Crippen LogP contribution in [0, 0.1) is 11.6 Å². The lowest BCUT2D eigenvalue weighted by Crippen LogP contribution is -2.33. The molecule has 0 heterocycles. The van der Waals surface area contributed by atoms with E-state index in [9.17, 15) is 26.3 Å². The molecule has 26 heavy (non-hydrogen) atoms. The van der Waals surface area contributed by atoms with Crippen LogP contribution in [-0.2, 0) is 6.42 Å². The second-order valence-electron chi connectivity index (χ2n) is 6.82. The summed E-state index contributed by atoms with van der Waals surface area (Å²) in [5, 5.41) is 0. The third-order valence-electron chi connectivity index (χ3n) is 4.86. The fraction of sp³-hybridized carbons (Fsp3) is 0.400. The summed E-state index contributed by atoms with van der Waals surface area (Å²) in [4.78, 5) is 0. The number of alkyl halides is 4. The Morgan fingerprint density at radius 1 is 0.885 bits per heavy atom. The van der Waals surface area contributed by atoms with Gasteiger partial charge in [-0.2, -0.15) is 17.6 Å². The summed E-state index contributed by atoms with van der Waals surface area (Å²) in [6.45, 7) is 2.02. The monoisotopic (exact) mass is 372 g/mol. The standard InChI is InChI=1S/C20H18F6/c1-2-3-12-4-6-13(7-5-12)18-16(21)8-14(9-17(18)22)15-10-19(23,24)20(25,26)11-15/h4-9,15H,2-3,10-11H2,1H3. The van der Waals surface area contributed by atoms with Crippen LogP contribution in [0.15, 0.2) is 36.4 Å². The zero-order valence-electron chi connectivity index (χ0n) is 14.1. The molecule has 6 heteroatoms. The molecule has 0 saturated heterocycles. The molecule has 0 radical (unpaired) electrons. The van der Waals surface area contributed by atoms with Crippen LogP contribution >= 0.6 is 0 Å². The predicted octanol–water partition coefficient (Wildman–Crippen LogP) is 6.73. The predicted molar refractivity (Wildman–Crippen MR) is 87.7 cm³/mol. The minimum Gasteiger partial charge on any atom is -0.206 e. The third-order valence-corrected chi connectivity index (χ3v) is 4.86. The molecule has 1 aliphatic carbocycles. The highest BCUT2D eigenvalue weighted by Crippen LogP contribution is 2.54. The van der Waals surface area contributed by atoms with Crippen molar-refractivity contribution in [3.63, 3.8) is 0 Å². The highest BCUT2D eigenvalue weighted by molar-refractivity contribution is 5.65. The summed E-state index contributed by atoms with van der Waals surface area (Å²) < 4.78 is 82.4. The molecular formula is C20H18F6. The highest BCUT2D eigenvalue weighted by atomic mass is 19.3. The van der Waals surface area contributed by atoms with E-state index in [4.69, 9.17) is 0 Å². The zero-order valence-corrected chi connectivity index (χ0v) is 14.1. The van der Waals surface area contributed by atoms with Gasteiger partial charge in [0.1, 0.15) is 11.6 Å². The van der Waals surface area contributed by atoms with E-state index in [0.29, 0.717) is 5.56 Å². The molecule has 0 amide bonds. The van der Waals surface area contributed by atoms with Crippen LogP contribution in [0.2, 0.25) is 0 Å². The van der Waals surface area contributed by atoms with Crippen molar-refractivity contribution in [2.45, 2.75) is 50.4 Å². The third kappa shape index (κ3) is 3.33. The fourth-order valence-electron chi connectivity index (χ4n) is 3.46. The van der Waals surface area contributed by atoms with Gasteiger partial charge in [-0.1, -0.05) is 37.6 Å². The molecule has 0 bridgehead atoms. The number of aryl methyl sites for hydroxylation is 1. The maximum absolute atomic E-state index is 14.5. The maximum Gasteiger partial charge on any atom is 0.310 e. The van der Waals surface area contributed by atoms with Gasteiger partial charge in [0, 0.05) is 12.8 Å². The van der Waals surface area contributed by atoms with Crippen molar-refractivity contribution in [2.75, 3.05) is 0 Å². The van der Waals surface area contributed by atoms with E-state index in [1.54, 1.807) is 24.3 Å². The molecule has 0 nitrogen and oxygen atoms in total. The quantitative estimate of drug-likeness (QED) is 0.522. The van der Waals surface area contributed by atoms with Gasteiger partial charge in [0.15, 0.2) is 0 Å². The summed E-state index contributed by atoms with van der Waals surface area (Å²) in [5.41, 5.74) is 0.897. The van der Waals surface area contributed by atoms with Crippen LogP contribution in [-0.4, -0.2) is 11.8 Å². The summed E-state index contributed by atoms with van der Waals surface area (Å²) in [5.74, 6) is -11.5. The van der Waals surface area contributed by atoms with E-state index in [2.05, 4.69) is 0 Å². The molecule has 0 aromatic heterocycles. The molecule has 140 valence electrons. The van der Waals surface area contributed by atoms with Crippen molar-refractivity contribution in [2.24, 2.45) is 0 Å². The van der Waals surface area contributed by atoms with E-state index < -0.39 is 42.2 Å². The average molecular weight is 372 g/mol. The minimum atomic E-state index is -4.17. The van der Waals surface area contributed by atoms with Crippen molar-refractivity contribution in [1.82, 2.24) is 0 Å². The Hall–Kier alpha value is -1.98. The summed E-state index contributed by atoms with van der Waals surface area (Å²) in [6.07, 6.45) is -0.463. The molecule has 0 spiro atoms. The van der Waals surface area contributed by atoms with Gasteiger partial charge < -0.3 is 0 Å². The molecule has 2 aromatic rings. The number of hydrogen-bond acceptors (Lipinski definition) is 0. The Morgan fingerprint density at radius 3 is 1.85 bits per heavy atom. The molecule has 1 aliphatic rings. The van der Waals surface area contributed by atoms with Crippen LogP contribution in [0.4, 0.5) is 26.3 Å². The number of halogens is 6. The SMILES string of the molecule is CCCc1ccc(-c2c(F)cc(C3CC(F)(F)C(F)(F)C3)cc2F)cc1. The number of benzene rings is 2. The minimum absolute atomic E-state index is 0.164. The first kappa shape index (κ1) is 18.8. The van der Waals surface area contributed by atoms with Gasteiger partial charge in [0.25, 0.3) is 0 Å². The van der Waals surface area contributed by atoms with E-state index in [1.165, 1.54) is 0 Å². The van der Waals surface area contributed by atoms with Crippen molar-refractivity contribution in [3.8, 4) is 11.1 Å². The first-order valence-electron chi connectivity index (χ1n) is 8.48. The summed E-state index contributed by atoms with van der Waals surface area (Å²) >= 11 is 0. The lowest BCUT2D eigenvalue weighted by molar-refractivity contribution is -0.185. The first-order chi connectivity index (χ1) is 12.1. The lowest BCUT2D eigenvalue weighted by atomic mass is 9.93. The number of hydrogen-bond donors (Lipinski definition) is 0. The molecule has 2 aromatic carbocycles. The van der Waals surface area contributed by atoms with Gasteiger partial charge >= 0.3 is 11.8 Å². The molecule has 1 fully saturated rings. The molecule has 0 N–H and O–H groups in total. The van der Waals surface area contributed by atoms with Gasteiger partial charge in [0.05, 0.1) is 5.56 Å². The van der Waals surface area contributed by atoms with E-state index >= 15 is 0 Å². The van der Waals surface area contributed by atoms with Crippen LogP contribution in [0.3, 0.4) is 0 Å². The van der Waals surface area contributed by atoms with Gasteiger partial charge in [-0.05, 0) is 41.2 Å². The lowest BCUT2D eigenvalue weighted by Gasteiger charge is -2.16. The molecule has 0 atom stereocenters. The summed E-state index contributed by atoms with van der Waals surface area (Å²) in [6, 6.07) is 8.49. The Bertz CT molecular complexity index is 755. The molecule has 0 aliphatic heterocycles. The largest absolute Gasteiger partial charge is 0.310 e.